The molecule has 1 N–H and O–H groups in total. The number of para-hydroxylation sites is 2. The van der Waals surface area contributed by atoms with Crippen molar-refractivity contribution in [1.82, 2.24) is 4.31 Å². The van der Waals surface area contributed by atoms with Crippen LogP contribution in [0.3, 0.4) is 0 Å². The normalized spacial score (nSPS) is 17.8. The topological polar surface area (TPSA) is 67.9 Å². The molecule has 7 heteroatoms. The van der Waals surface area contributed by atoms with Gasteiger partial charge in [0, 0.05) is 12.1 Å². The largest absolute Gasteiger partial charge is 0.493 e. The Balaban J connectivity index is 1.89. The molecule has 3 aromatic carbocycles. The molecule has 0 saturated heterocycles. The van der Waals surface area contributed by atoms with E-state index in [0.717, 1.165) is 5.56 Å². The second kappa shape index (κ2) is 7.77. The van der Waals surface area contributed by atoms with E-state index in [4.69, 9.17) is 9.47 Å². The van der Waals surface area contributed by atoms with Crippen molar-refractivity contribution in [3.05, 3.63) is 83.9 Å². The minimum absolute atomic E-state index is 0.218. The highest BCUT2D eigenvalue weighted by Crippen LogP contribution is 2.43. The molecule has 1 atom stereocenters. The number of nitrogens with one attached hydrogen (secondary N) is 1. The molecule has 0 saturated carbocycles. The van der Waals surface area contributed by atoms with Gasteiger partial charge in [0.05, 0.1) is 19.9 Å². The molecule has 1 heterocycles. The van der Waals surface area contributed by atoms with Crippen molar-refractivity contribution in [3.63, 3.8) is 0 Å². The van der Waals surface area contributed by atoms with Gasteiger partial charge in [-0.25, -0.2) is 8.42 Å². The summed E-state index contributed by atoms with van der Waals surface area (Å²) in [6, 6.07) is 21.9. The number of benzene rings is 3. The maximum Gasteiger partial charge on any atom is 0.247 e. The Morgan fingerprint density at radius 3 is 2.34 bits per heavy atom. The van der Waals surface area contributed by atoms with E-state index in [2.05, 4.69) is 5.32 Å². The quantitative estimate of drug-likeness (QED) is 0.688. The lowest BCUT2D eigenvalue weighted by Gasteiger charge is -2.38. The van der Waals surface area contributed by atoms with Crippen molar-refractivity contribution >= 4 is 15.7 Å². The Kier molecular flexibility index (Phi) is 5.17. The monoisotopic (exact) mass is 410 g/mol. The summed E-state index contributed by atoms with van der Waals surface area (Å²) < 4.78 is 39.6. The summed E-state index contributed by atoms with van der Waals surface area (Å²) in [6.45, 7) is 0.218. The Bertz CT molecular complexity index is 1120. The van der Waals surface area contributed by atoms with E-state index < -0.39 is 16.2 Å². The molecule has 29 heavy (non-hydrogen) atoms. The number of sulfonamides is 1. The molecule has 3 aromatic rings. The van der Waals surface area contributed by atoms with E-state index in [-0.39, 0.29) is 11.4 Å². The van der Waals surface area contributed by atoms with E-state index in [1.807, 2.05) is 48.5 Å². The number of ether oxygens (including phenoxy) is 2. The third-order valence-corrected chi connectivity index (χ3v) is 6.83. The van der Waals surface area contributed by atoms with Crippen LogP contribution in [0.15, 0.2) is 77.7 Å². The summed E-state index contributed by atoms with van der Waals surface area (Å²) >= 11 is 0. The third-order valence-electron chi connectivity index (χ3n) is 4.96. The zero-order chi connectivity index (χ0) is 20.4. The minimum atomic E-state index is -3.75. The van der Waals surface area contributed by atoms with Crippen LogP contribution in [-0.4, -0.2) is 26.9 Å². The van der Waals surface area contributed by atoms with Crippen LogP contribution in [-0.2, 0) is 16.6 Å². The molecule has 0 radical (unpaired) electrons. The molecule has 6 nitrogen and oxygen atoms in total. The van der Waals surface area contributed by atoms with E-state index in [1.165, 1.54) is 4.31 Å². The number of hydrogen-bond donors (Lipinski definition) is 1. The van der Waals surface area contributed by atoms with Gasteiger partial charge in [-0.1, -0.05) is 54.6 Å². The second-order valence-electron chi connectivity index (χ2n) is 6.66. The summed E-state index contributed by atoms with van der Waals surface area (Å²) in [5, 5.41) is 3.38. The molecule has 1 aliphatic heterocycles. The van der Waals surface area contributed by atoms with Crippen LogP contribution < -0.4 is 14.8 Å². The van der Waals surface area contributed by atoms with Crippen LogP contribution in [0.1, 0.15) is 17.3 Å². The zero-order valence-electron chi connectivity index (χ0n) is 16.2. The van der Waals surface area contributed by atoms with Crippen molar-refractivity contribution in [2.24, 2.45) is 0 Å². The van der Waals surface area contributed by atoms with Gasteiger partial charge in [-0.05, 0) is 23.8 Å². The van der Waals surface area contributed by atoms with Crippen molar-refractivity contribution in [3.8, 4) is 11.5 Å². The lowest BCUT2D eigenvalue weighted by molar-refractivity contribution is 0.312. The smallest absolute Gasteiger partial charge is 0.247 e. The predicted molar refractivity (Wildman–Crippen MR) is 112 cm³/mol. The summed E-state index contributed by atoms with van der Waals surface area (Å²) in [7, 11) is -0.639. The standard InChI is InChI=1S/C22H22N2O4S/c1-27-19-13-8-11-17(21(19)28-2)22-23-18-12-6-7-14-20(18)29(25,26)24(22)15-16-9-4-3-5-10-16/h3-14,22-23H,15H2,1-2H3/t22-/m0/s1. The van der Waals surface area contributed by atoms with E-state index in [9.17, 15) is 8.42 Å². The lowest BCUT2D eigenvalue weighted by atomic mass is 10.1. The molecule has 0 amide bonds. The third kappa shape index (κ3) is 3.43. The zero-order valence-corrected chi connectivity index (χ0v) is 17.0. The van der Waals surface area contributed by atoms with Gasteiger partial charge in [0.15, 0.2) is 11.5 Å². The predicted octanol–water partition coefficient (Wildman–Crippen LogP) is 4.02. The van der Waals surface area contributed by atoms with Crippen LogP contribution in [0.2, 0.25) is 0 Å². The van der Waals surface area contributed by atoms with Gasteiger partial charge in [-0.15, -0.1) is 0 Å². The number of fused-ring (bicyclic) bond motifs is 1. The van der Waals surface area contributed by atoms with E-state index >= 15 is 0 Å². The first-order valence-corrected chi connectivity index (χ1v) is 10.6. The summed E-state index contributed by atoms with van der Waals surface area (Å²) in [4.78, 5) is 0.258. The van der Waals surface area contributed by atoms with Gasteiger partial charge in [0.25, 0.3) is 0 Å². The highest BCUT2D eigenvalue weighted by atomic mass is 32.2. The maximum atomic E-state index is 13.6. The van der Waals surface area contributed by atoms with Gasteiger partial charge in [-0.3, -0.25) is 0 Å². The summed E-state index contributed by atoms with van der Waals surface area (Å²) in [5.41, 5.74) is 2.14. The molecule has 0 unspecified atom stereocenters. The number of rotatable bonds is 5. The Morgan fingerprint density at radius 1 is 0.897 bits per heavy atom. The lowest BCUT2D eigenvalue weighted by Crippen LogP contribution is -2.42. The first kappa shape index (κ1) is 19.3. The van der Waals surface area contributed by atoms with Crippen LogP contribution in [0, 0.1) is 0 Å². The maximum absolute atomic E-state index is 13.6. The fourth-order valence-corrected chi connectivity index (χ4v) is 5.27. The molecular formula is C22H22N2O4S. The van der Waals surface area contributed by atoms with Crippen LogP contribution in [0.4, 0.5) is 5.69 Å². The van der Waals surface area contributed by atoms with Crippen molar-refractivity contribution in [1.29, 1.82) is 0 Å². The fourth-order valence-electron chi connectivity index (χ4n) is 3.60. The summed E-state index contributed by atoms with van der Waals surface area (Å²) in [6.07, 6.45) is -0.653. The molecule has 0 fully saturated rings. The fraction of sp³-hybridized carbons (Fsp3) is 0.182. The number of nitrogens with zero attached hydrogens (tertiary/aromatic N) is 1. The first-order valence-electron chi connectivity index (χ1n) is 9.18. The van der Waals surface area contributed by atoms with Crippen molar-refractivity contribution < 1.29 is 17.9 Å². The number of anilines is 1. The van der Waals surface area contributed by atoms with E-state index in [0.29, 0.717) is 22.7 Å². The molecular weight excluding hydrogens is 388 g/mol. The Labute approximate surface area is 170 Å². The molecule has 0 aliphatic carbocycles. The SMILES string of the molecule is COc1cccc([C@H]2Nc3ccccc3S(=O)(=O)N2Cc2ccccc2)c1OC. The van der Waals surface area contributed by atoms with Gasteiger partial charge in [0.2, 0.25) is 10.0 Å². The first-order chi connectivity index (χ1) is 14.1. The van der Waals surface area contributed by atoms with Crippen LogP contribution >= 0.6 is 0 Å². The van der Waals surface area contributed by atoms with Gasteiger partial charge >= 0.3 is 0 Å². The molecule has 150 valence electrons. The Hall–Kier alpha value is -3.03. The highest BCUT2D eigenvalue weighted by Gasteiger charge is 2.40. The Morgan fingerprint density at radius 2 is 1.62 bits per heavy atom. The van der Waals surface area contributed by atoms with Gasteiger partial charge in [0.1, 0.15) is 11.1 Å². The van der Waals surface area contributed by atoms with Gasteiger partial charge in [-0.2, -0.15) is 4.31 Å². The van der Waals surface area contributed by atoms with Crippen molar-refractivity contribution in [2.45, 2.75) is 17.6 Å². The molecule has 0 spiro atoms. The van der Waals surface area contributed by atoms with Crippen LogP contribution in [0.25, 0.3) is 0 Å². The number of hydrogen-bond acceptors (Lipinski definition) is 5. The number of methoxy groups -OCH3 is 2. The molecule has 0 aromatic heterocycles. The molecule has 4 rings (SSSR count). The van der Waals surface area contributed by atoms with E-state index in [1.54, 1.807) is 38.5 Å². The minimum Gasteiger partial charge on any atom is -0.493 e. The van der Waals surface area contributed by atoms with Gasteiger partial charge < -0.3 is 14.8 Å². The summed E-state index contributed by atoms with van der Waals surface area (Å²) in [5.74, 6) is 1.04. The molecule has 0 bridgehead atoms. The average molecular weight is 410 g/mol. The molecule has 1 aliphatic rings. The van der Waals surface area contributed by atoms with Crippen LogP contribution in [0.5, 0.6) is 11.5 Å². The van der Waals surface area contributed by atoms with Crippen molar-refractivity contribution in [2.75, 3.05) is 19.5 Å². The highest BCUT2D eigenvalue weighted by molar-refractivity contribution is 7.89. The second-order valence-corrected chi connectivity index (χ2v) is 8.52. The average Bonchev–Trinajstić information content (AvgIpc) is 2.75.